The quantitative estimate of drug-likeness (QED) is 0.441. The van der Waals surface area contributed by atoms with E-state index in [1.165, 1.54) is 12.6 Å². The molecule has 0 spiro atoms. The Balaban J connectivity index is 3.70. The number of carbonyl (C=O) groups excluding carboxylic acids is 2. The molecule has 0 unspecified atom stereocenters. The Labute approximate surface area is 58.5 Å². The SMILES string of the molecule is O=[C]CC(S)(S)[C]=O. The zero-order chi connectivity index (χ0) is 6.62. The first kappa shape index (κ1) is 8.04. The minimum absolute atomic E-state index is 0.136. The molecule has 0 aliphatic heterocycles. The summed E-state index contributed by atoms with van der Waals surface area (Å²) in [6, 6.07) is 0. The molecule has 0 rings (SSSR count). The molecular formula is C4H4O2S2. The Morgan fingerprint density at radius 3 is 2.00 bits per heavy atom. The van der Waals surface area contributed by atoms with Crippen LogP contribution >= 0.6 is 25.3 Å². The summed E-state index contributed by atoms with van der Waals surface area (Å²) >= 11 is 7.29. The van der Waals surface area contributed by atoms with E-state index in [1.54, 1.807) is 0 Å². The lowest BCUT2D eigenvalue weighted by molar-refractivity contribution is 0.539. The van der Waals surface area contributed by atoms with Crippen molar-refractivity contribution >= 4 is 37.8 Å². The molecule has 2 radical (unpaired) electrons. The van der Waals surface area contributed by atoms with E-state index in [0.717, 1.165) is 0 Å². The molecule has 0 amide bonds. The predicted molar refractivity (Wildman–Crippen MR) is 36.7 cm³/mol. The average Bonchev–Trinajstić information content (AvgIpc) is 1.67. The lowest BCUT2D eigenvalue weighted by atomic mass is 10.3. The second-order valence-corrected chi connectivity index (χ2v) is 3.12. The zero-order valence-corrected chi connectivity index (χ0v) is 5.71. The van der Waals surface area contributed by atoms with Crippen LogP contribution in [-0.4, -0.2) is 16.7 Å². The first-order valence-corrected chi connectivity index (χ1v) is 2.71. The van der Waals surface area contributed by atoms with Gasteiger partial charge in [-0.3, -0.25) is 9.59 Å². The average molecular weight is 148 g/mol. The Hall–Kier alpha value is 0.0400. The van der Waals surface area contributed by atoms with Crippen molar-refractivity contribution in [1.82, 2.24) is 0 Å². The maximum absolute atomic E-state index is 9.76. The number of thiol groups is 2. The molecule has 0 aromatic heterocycles. The highest BCUT2D eigenvalue weighted by molar-refractivity contribution is 8.01. The minimum atomic E-state index is -1.25. The maximum atomic E-state index is 9.76. The summed E-state index contributed by atoms with van der Waals surface area (Å²) in [5, 5.41) is 0. The van der Waals surface area contributed by atoms with Crippen molar-refractivity contribution < 1.29 is 9.59 Å². The summed E-state index contributed by atoms with van der Waals surface area (Å²) in [7, 11) is 0. The molecule has 0 aromatic carbocycles. The second kappa shape index (κ2) is 3.14. The van der Waals surface area contributed by atoms with Crippen molar-refractivity contribution in [2.24, 2.45) is 0 Å². The van der Waals surface area contributed by atoms with Crippen LogP contribution in [0, 0.1) is 0 Å². The molecule has 2 nitrogen and oxygen atoms in total. The van der Waals surface area contributed by atoms with E-state index in [9.17, 15) is 9.59 Å². The normalized spacial score (nSPS) is 10.8. The third-order valence-electron chi connectivity index (χ3n) is 0.482. The topological polar surface area (TPSA) is 34.1 Å². The summed E-state index contributed by atoms with van der Waals surface area (Å²) in [5.74, 6) is 0. The van der Waals surface area contributed by atoms with Crippen molar-refractivity contribution in [3.05, 3.63) is 0 Å². The van der Waals surface area contributed by atoms with Gasteiger partial charge in [-0.25, -0.2) is 0 Å². The van der Waals surface area contributed by atoms with E-state index in [4.69, 9.17) is 0 Å². The van der Waals surface area contributed by atoms with Gasteiger partial charge in [0.1, 0.15) is 4.08 Å². The maximum Gasteiger partial charge on any atom is 0.226 e. The van der Waals surface area contributed by atoms with Gasteiger partial charge < -0.3 is 0 Å². The fourth-order valence-electron chi connectivity index (χ4n) is 0.137. The van der Waals surface area contributed by atoms with Crippen LogP contribution in [0.4, 0.5) is 0 Å². The van der Waals surface area contributed by atoms with Gasteiger partial charge in [0.15, 0.2) is 0 Å². The predicted octanol–water partition coefficient (Wildman–Crippen LogP) is 0.152. The first-order chi connectivity index (χ1) is 3.62. The van der Waals surface area contributed by atoms with Crippen LogP contribution in [-0.2, 0) is 9.59 Å². The minimum Gasteiger partial charge on any atom is -0.291 e. The Kier molecular flexibility index (Phi) is 3.16. The molecule has 0 saturated carbocycles. The second-order valence-electron chi connectivity index (χ2n) is 1.24. The lowest BCUT2D eigenvalue weighted by Crippen LogP contribution is -2.14. The van der Waals surface area contributed by atoms with Gasteiger partial charge in [-0.05, 0) is 0 Å². The van der Waals surface area contributed by atoms with Crippen molar-refractivity contribution in [1.29, 1.82) is 0 Å². The fourth-order valence-corrected chi connectivity index (χ4v) is 0.266. The molecule has 0 bridgehead atoms. The highest BCUT2D eigenvalue weighted by atomic mass is 32.2. The molecule has 0 saturated heterocycles. The summed E-state index contributed by atoms with van der Waals surface area (Å²) in [4.78, 5) is 19.3. The fraction of sp³-hybridized carbons (Fsp3) is 0.500. The summed E-state index contributed by atoms with van der Waals surface area (Å²) in [6.45, 7) is 0. The molecular weight excluding hydrogens is 144 g/mol. The highest BCUT2D eigenvalue weighted by Gasteiger charge is 2.19. The molecule has 0 aliphatic carbocycles. The molecule has 4 heteroatoms. The molecule has 0 N–H and O–H groups in total. The Morgan fingerprint density at radius 2 is 1.88 bits per heavy atom. The van der Waals surface area contributed by atoms with E-state index >= 15 is 0 Å². The lowest BCUT2D eigenvalue weighted by Gasteiger charge is -2.05. The standard InChI is InChI=1S/C4H4O2S2/c5-2-1-4(7,8)3-6/h7-8H,1H2. The largest absolute Gasteiger partial charge is 0.291 e. The van der Waals surface area contributed by atoms with Gasteiger partial charge in [-0.2, -0.15) is 25.3 Å². The molecule has 44 valence electrons. The smallest absolute Gasteiger partial charge is 0.226 e. The summed E-state index contributed by atoms with van der Waals surface area (Å²) in [6.07, 6.45) is 2.82. The van der Waals surface area contributed by atoms with E-state index in [0.29, 0.717) is 0 Å². The van der Waals surface area contributed by atoms with Gasteiger partial charge in [-0.1, -0.05) is 0 Å². The molecule has 0 aromatic rings. The summed E-state index contributed by atoms with van der Waals surface area (Å²) in [5.41, 5.74) is 0. The highest BCUT2D eigenvalue weighted by Crippen LogP contribution is 2.18. The van der Waals surface area contributed by atoms with E-state index in [1.807, 2.05) is 0 Å². The van der Waals surface area contributed by atoms with Gasteiger partial charge >= 0.3 is 0 Å². The van der Waals surface area contributed by atoms with E-state index in [2.05, 4.69) is 25.3 Å². The van der Waals surface area contributed by atoms with Crippen LogP contribution in [0.2, 0.25) is 0 Å². The molecule has 0 heterocycles. The van der Waals surface area contributed by atoms with Crippen LogP contribution < -0.4 is 0 Å². The van der Waals surface area contributed by atoms with E-state index < -0.39 is 4.08 Å². The Bertz CT molecular complexity index is 100. The summed E-state index contributed by atoms with van der Waals surface area (Å²) < 4.78 is -1.25. The number of rotatable bonds is 3. The van der Waals surface area contributed by atoms with Gasteiger partial charge in [-0.15, -0.1) is 0 Å². The monoisotopic (exact) mass is 148 g/mol. The van der Waals surface area contributed by atoms with Crippen LogP contribution in [0.15, 0.2) is 0 Å². The van der Waals surface area contributed by atoms with Crippen molar-refractivity contribution in [2.75, 3.05) is 0 Å². The van der Waals surface area contributed by atoms with Crippen LogP contribution in [0.25, 0.3) is 0 Å². The molecule has 0 aliphatic rings. The van der Waals surface area contributed by atoms with E-state index in [-0.39, 0.29) is 6.42 Å². The molecule has 0 fully saturated rings. The molecule has 8 heavy (non-hydrogen) atoms. The van der Waals surface area contributed by atoms with Crippen LogP contribution in [0.3, 0.4) is 0 Å². The Morgan fingerprint density at radius 1 is 1.38 bits per heavy atom. The zero-order valence-electron chi connectivity index (χ0n) is 3.92. The van der Waals surface area contributed by atoms with Gasteiger partial charge in [0.2, 0.25) is 12.6 Å². The number of hydrogen-bond donors (Lipinski definition) is 2. The number of hydrogen-bond acceptors (Lipinski definition) is 4. The van der Waals surface area contributed by atoms with Crippen LogP contribution in [0.1, 0.15) is 6.42 Å². The van der Waals surface area contributed by atoms with Crippen molar-refractivity contribution in [3.63, 3.8) is 0 Å². The van der Waals surface area contributed by atoms with Crippen LogP contribution in [0.5, 0.6) is 0 Å². The third kappa shape index (κ3) is 3.10. The van der Waals surface area contributed by atoms with Gasteiger partial charge in [0, 0.05) is 6.42 Å². The molecule has 0 atom stereocenters. The van der Waals surface area contributed by atoms with Gasteiger partial charge in [0.25, 0.3) is 0 Å². The van der Waals surface area contributed by atoms with Crippen molar-refractivity contribution in [2.45, 2.75) is 10.5 Å². The third-order valence-corrected chi connectivity index (χ3v) is 0.981. The van der Waals surface area contributed by atoms with Crippen molar-refractivity contribution in [3.8, 4) is 0 Å². The first-order valence-electron chi connectivity index (χ1n) is 1.81. The van der Waals surface area contributed by atoms with Gasteiger partial charge in [0.05, 0.1) is 0 Å².